The predicted octanol–water partition coefficient (Wildman–Crippen LogP) is 4.29. The van der Waals surface area contributed by atoms with Gasteiger partial charge in [-0.3, -0.25) is 0 Å². The summed E-state index contributed by atoms with van der Waals surface area (Å²) in [5, 5.41) is 0. The second-order valence-electron chi connectivity index (χ2n) is 5.48. The summed E-state index contributed by atoms with van der Waals surface area (Å²) in [5.74, 6) is 0. The molecule has 1 atom stereocenters. The quantitative estimate of drug-likeness (QED) is 0.709. The van der Waals surface area contributed by atoms with Crippen molar-refractivity contribution in [1.29, 1.82) is 0 Å². The predicted molar refractivity (Wildman–Crippen MR) is 72.5 cm³/mol. The molecule has 2 heteroatoms. The van der Waals surface area contributed by atoms with E-state index in [1.807, 2.05) is 0 Å². The first-order valence-corrected chi connectivity index (χ1v) is 13.7. The van der Waals surface area contributed by atoms with Gasteiger partial charge >= 0.3 is 102 Å². The fraction of sp³-hybridized carbons (Fsp3) is 0.538. The van der Waals surface area contributed by atoms with Gasteiger partial charge in [-0.2, -0.15) is 0 Å². The van der Waals surface area contributed by atoms with Crippen molar-refractivity contribution in [3.05, 3.63) is 30.3 Å². The maximum atomic E-state index is 7.09. The first-order chi connectivity index (χ1) is 6.80. The molecule has 0 N–H and O–H groups in total. The van der Waals surface area contributed by atoms with Crippen molar-refractivity contribution >= 4 is 29.8 Å². The van der Waals surface area contributed by atoms with Crippen LogP contribution in [0.5, 0.6) is 0 Å². The van der Waals surface area contributed by atoms with Gasteiger partial charge in [0.05, 0.1) is 0 Å². The molecule has 84 valence electrons. The normalized spacial score (nSPS) is 16.5. The van der Waals surface area contributed by atoms with E-state index in [4.69, 9.17) is 8.92 Å². The van der Waals surface area contributed by atoms with Crippen molar-refractivity contribution < 1.29 is 0 Å². The summed E-state index contributed by atoms with van der Waals surface area (Å²) >= 11 is -2.77. The van der Waals surface area contributed by atoms with E-state index in [0.29, 0.717) is 3.93 Å². The first kappa shape index (κ1) is 13.4. The van der Waals surface area contributed by atoms with E-state index in [1.165, 1.54) is 3.58 Å². The number of rotatable bonds is 2. The molecular formula is C13H21ClSn. The molecule has 1 aromatic carbocycles. The number of benzene rings is 1. The van der Waals surface area contributed by atoms with Crippen LogP contribution < -0.4 is 3.58 Å². The number of hydrogen-bond acceptors (Lipinski definition) is 0. The van der Waals surface area contributed by atoms with E-state index in [0.717, 1.165) is 0 Å². The van der Waals surface area contributed by atoms with Crippen LogP contribution in [0.15, 0.2) is 30.3 Å². The average molecular weight is 331 g/mol. The SMILES string of the molecule is C[CH](C)[Sn]([Cl])([c]1ccccc1)[C](C)(C)C. The molecule has 0 fully saturated rings. The van der Waals surface area contributed by atoms with Crippen LogP contribution in [-0.4, -0.2) is 17.3 Å². The molecule has 0 aromatic heterocycles. The Morgan fingerprint density at radius 3 is 1.87 bits per heavy atom. The third kappa shape index (κ3) is 2.52. The molecule has 0 amide bonds. The van der Waals surface area contributed by atoms with Crippen LogP contribution in [0.3, 0.4) is 0 Å². The molecule has 0 saturated carbocycles. The zero-order valence-electron chi connectivity index (χ0n) is 10.3. The van der Waals surface area contributed by atoms with Gasteiger partial charge in [0.25, 0.3) is 0 Å². The Labute approximate surface area is 102 Å². The van der Waals surface area contributed by atoms with Crippen LogP contribution in [-0.2, 0) is 0 Å². The van der Waals surface area contributed by atoms with Crippen LogP contribution in [0.4, 0.5) is 0 Å². The van der Waals surface area contributed by atoms with Crippen molar-refractivity contribution in [2.45, 2.75) is 42.0 Å². The van der Waals surface area contributed by atoms with E-state index in [9.17, 15) is 0 Å². The molecule has 1 rings (SSSR count). The number of halogens is 1. The number of hydrogen-bond donors (Lipinski definition) is 0. The van der Waals surface area contributed by atoms with Crippen LogP contribution in [0, 0.1) is 0 Å². The molecule has 0 bridgehead atoms. The van der Waals surface area contributed by atoms with Gasteiger partial charge < -0.3 is 0 Å². The van der Waals surface area contributed by atoms with E-state index in [-0.39, 0.29) is 3.43 Å². The van der Waals surface area contributed by atoms with E-state index >= 15 is 0 Å². The fourth-order valence-corrected chi connectivity index (χ4v) is 14.4. The van der Waals surface area contributed by atoms with Crippen molar-refractivity contribution in [3.63, 3.8) is 0 Å². The molecule has 0 saturated heterocycles. The molecule has 1 unspecified atom stereocenters. The van der Waals surface area contributed by atoms with Gasteiger partial charge in [0.1, 0.15) is 0 Å². The van der Waals surface area contributed by atoms with Crippen molar-refractivity contribution in [2.24, 2.45) is 0 Å². The molecular weight excluding hydrogens is 310 g/mol. The Balaban J connectivity index is 3.26. The van der Waals surface area contributed by atoms with E-state index in [2.05, 4.69) is 65.0 Å². The third-order valence-corrected chi connectivity index (χ3v) is 25.4. The van der Waals surface area contributed by atoms with Gasteiger partial charge in [-0.05, 0) is 0 Å². The molecule has 0 nitrogen and oxygen atoms in total. The van der Waals surface area contributed by atoms with Crippen molar-refractivity contribution in [3.8, 4) is 0 Å². The van der Waals surface area contributed by atoms with Crippen LogP contribution in [0.1, 0.15) is 34.6 Å². The molecule has 0 aliphatic heterocycles. The molecule has 0 aliphatic carbocycles. The summed E-state index contributed by atoms with van der Waals surface area (Å²) < 4.78 is 2.30. The second-order valence-corrected chi connectivity index (χ2v) is 22.8. The summed E-state index contributed by atoms with van der Waals surface area (Å²) in [7, 11) is 7.09. The van der Waals surface area contributed by atoms with Crippen LogP contribution >= 0.6 is 8.92 Å². The molecule has 15 heavy (non-hydrogen) atoms. The Kier molecular flexibility index (Phi) is 4.16. The maximum absolute atomic E-state index is 7.09. The Hall–Kier alpha value is 0.309. The Morgan fingerprint density at radius 1 is 1.07 bits per heavy atom. The zero-order valence-corrected chi connectivity index (χ0v) is 14.0. The molecule has 0 spiro atoms. The van der Waals surface area contributed by atoms with Gasteiger partial charge in [-0.15, -0.1) is 0 Å². The van der Waals surface area contributed by atoms with Gasteiger partial charge in [0, 0.05) is 0 Å². The van der Waals surface area contributed by atoms with Gasteiger partial charge in [-0.1, -0.05) is 0 Å². The van der Waals surface area contributed by atoms with Crippen molar-refractivity contribution in [2.75, 3.05) is 0 Å². The standard InChI is InChI=1S/C6H5.C4H9.C3H7.ClH.Sn/c1-2-4-6-5-3-1;1-4(2)3;1-3-2;;/h1-5H;1-3H3;3H,1-2H3;1H;/q;;;;+1/p-1. The van der Waals surface area contributed by atoms with Crippen molar-refractivity contribution in [1.82, 2.24) is 0 Å². The topological polar surface area (TPSA) is 0 Å². The van der Waals surface area contributed by atoms with E-state index in [1.54, 1.807) is 0 Å². The minimum absolute atomic E-state index is 0.256. The van der Waals surface area contributed by atoms with Gasteiger partial charge in [0.2, 0.25) is 0 Å². The average Bonchev–Trinajstić information content (AvgIpc) is 2.16. The summed E-state index contributed by atoms with van der Waals surface area (Å²) in [6.45, 7) is 11.4. The van der Waals surface area contributed by atoms with E-state index < -0.39 is 17.3 Å². The fourth-order valence-electron chi connectivity index (χ4n) is 2.31. The van der Waals surface area contributed by atoms with Crippen LogP contribution in [0.25, 0.3) is 0 Å². The van der Waals surface area contributed by atoms with Gasteiger partial charge in [-0.25, -0.2) is 0 Å². The second kappa shape index (κ2) is 4.66. The third-order valence-electron chi connectivity index (χ3n) is 3.08. The monoisotopic (exact) mass is 332 g/mol. The summed E-state index contributed by atoms with van der Waals surface area (Å²) in [6, 6.07) is 10.7. The summed E-state index contributed by atoms with van der Waals surface area (Å²) in [6.07, 6.45) is 0. The Morgan fingerprint density at radius 2 is 1.53 bits per heavy atom. The molecule has 0 heterocycles. The molecule has 1 aromatic rings. The Bertz CT molecular complexity index is 313. The first-order valence-electron chi connectivity index (χ1n) is 5.54. The van der Waals surface area contributed by atoms with Crippen LogP contribution in [0.2, 0.25) is 7.36 Å². The minimum atomic E-state index is -2.77. The molecule has 0 aliphatic rings. The van der Waals surface area contributed by atoms with Gasteiger partial charge in [0.15, 0.2) is 0 Å². The zero-order chi connectivity index (χ0) is 11.7. The molecule has 0 radical (unpaired) electrons. The summed E-state index contributed by atoms with van der Waals surface area (Å²) in [5.41, 5.74) is 0. The summed E-state index contributed by atoms with van der Waals surface area (Å²) in [4.78, 5) is 0.